The van der Waals surface area contributed by atoms with E-state index < -0.39 is 0 Å². The molecule has 1 fully saturated rings. The molecule has 1 aliphatic rings. The lowest BCUT2D eigenvalue weighted by molar-refractivity contribution is -0.115. The first kappa shape index (κ1) is 24.8. The Balaban J connectivity index is 1.93. The fraction of sp³-hybridized carbons (Fsp3) is 0.433. The van der Waals surface area contributed by atoms with Crippen molar-refractivity contribution in [3.63, 3.8) is 0 Å². The summed E-state index contributed by atoms with van der Waals surface area (Å²) in [6.45, 7) is 12.7. The fourth-order valence-corrected chi connectivity index (χ4v) is 4.66. The van der Waals surface area contributed by atoms with Crippen molar-refractivity contribution >= 4 is 29.3 Å². The number of carbonyl (C=O) groups is 1. The molecule has 1 aliphatic carbocycles. The molecule has 0 saturated heterocycles. The predicted octanol–water partition coefficient (Wildman–Crippen LogP) is 7.38. The summed E-state index contributed by atoms with van der Waals surface area (Å²) in [4.78, 5) is 17.8. The summed E-state index contributed by atoms with van der Waals surface area (Å²) in [6.07, 6.45) is 9.17. The molecular weight excluding hydrogens is 404 g/mol. The van der Waals surface area contributed by atoms with Crippen molar-refractivity contribution in [3.05, 3.63) is 70.8 Å². The minimum atomic E-state index is 0.272. The molecule has 3 heteroatoms. The molecule has 0 radical (unpaired) electrons. The van der Waals surface area contributed by atoms with E-state index >= 15 is 0 Å². The SMILES string of the molecule is CCN(CC)c1ccc(C=C2CCCCCC(=O)C2=Cc2ccc(N(CC)CC)cc2)cc1. The fourth-order valence-electron chi connectivity index (χ4n) is 4.66. The van der Waals surface area contributed by atoms with Gasteiger partial charge >= 0.3 is 0 Å². The van der Waals surface area contributed by atoms with E-state index in [2.05, 4.69) is 98.2 Å². The minimum Gasteiger partial charge on any atom is -0.372 e. The average molecular weight is 445 g/mol. The maximum atomic E-state index is 13.1. The Kier molecular flexibility index (Phi) is 9.35. The molecular formula is C30H40N2O. The molecule has 0 atom stereocenters. The number of ketones is 1. The Morgan fingerprint density at radius 2 is 1.09 bits per heavy atom. The molecule has 2 aromatic carbocycles. The van der Waals surface area contributed by atoms with Gasteiger partial charge < -0.3 is 9.80 Å². The Hall–Kier alpha value is -2.81. The van der Waals surface area contributed by atoms with E-state index in [4.69, 9.17) is 0 Å². The van der Waals surface area contributed by atoms with Gasteiger partial charge in [-0.25, -0.2) is 0 Å². The van der Waals surface area contributed by atoms with Gasteiger partial charge in [-0.15, -0.1) is 0 Å². The van der Waals surface area contributed by atoms with Crippen LogP contribution in [0.15, 0.2) is 59.7 Å². The highest BCUT2D eigenvalue weighted by molar-refractivity contribution is 6.05. The highest BCUT2D eigenvalue weighted by Gasteiger charge is 2.17. The van der Waals surface area contributed by atoms with Crippen molar-refractivity contribution in [2.75, 3.05) is 36.0 Å². The molecule has 0 aromatic heterocycles. The van der Waals surface area contributed by atoms with E-state index in [0.29, 0.717) is 6.42 Å². The molecule has 0 amide bonds. The first-order chi connectivity index (χ1) is 16.1. The molecule has 3 rings (SSSR count). The summed E-state index contributed by atoms with van der Waals surface area (Å²) in [5.41, 5.74) is 6.80. The molecule has 0 N–H and O–H groups in total. The first-order valence-electron chi connectivity index (χ1n) is 12.7. The van der Waals surface area contributed by atoms with E-state index in [0.717, 1.165) is 68.6 Å². The highest BCUT2D eigenvalue weighted by Crippen LogP contribution is 2.29. The van der Waals surface area contributed by atoms with Crippen LogP contribution in [0.4, 0.5) is 11.4 Å². The van der Waals surface area contributed by atoms with Crippen molar-refractivity contribution < 1.29 is 4.79 Å². The topological polar surface area (TPSA) is 23.6 Å². The van der Waals surface area contributed by atoms with Crippen LogP contribution in [0.25, 0.3) is 12.2 Å². The second kappa shape index (κ2) is 12.4. The van der Waals surface area contributed by atoms with Crippen molar-refractivity contribution in [3.8, 4) is 0 Å². The Bertz CT molecular complexity index is 946. The number of anilines is 2. The van der Waals surface area contributed by atoms with Gasteiger partial charge in [0.15, 0.2) is 5.78 Å². The largest absolute Gasteiger partial charge is 0.372 e. The third-order valence-electron chi connectivity index (χ3n) is 6.69. The van der Waals surface area contributed by atoms with Gasteiger partial charge in [0.25, 0.3) is 0 Å². The maximum absolute atomic E-state index is 13.1. The number of hydrogen-bond acceptors (Lipinski definition) is 3. The number of allylic oxidation sites excluding steroid dienone is 2. The van der Waals surface area contributed by atoms with Crippen LogP contribution in [-0.2, 0) is 4.79 Å². The van der Waals surface area contributed by atoms with E-state index in [1.54, 1.807) is 0 Å². The molecule has 0 unspecified atom stereocenters. The number of Topliss-reactive ketones (excluding diaryl/α,β-unsaturated/α-hetero) is 1. The second-order valence-corrected chi connectivity index (χ2v) is 8.74. The smallest absolute Gasteiger partial charge is 0.163 e. The molecule has 33 heavy (non-hydrogen) atoms. The molecule has 1 saturated carbocycles. The minimum absolute atomic E-state index is 0.272. The number of nitrogens with zero attached hydrogens (tertiary/aromatic N) is 2. The van der Waals surface area contributed by atoms with Crippen LogP contribution >= 0.6 is 0 Å². The van der Waals surface area contributed by atoms with Crippen LogP contribution in [0.1, 0.15) is 70.9 Å². The van der Waals surface area contributed by atoms with Crippen LogP contribution < -0.4 is 9.80 Å². The Labute approximate surface area is 200 Å². The zero-order valence-electron chi connectivity index (χ0n) is 20.9. The summed E-state index contributed by atoms with van der Waals surface area (Å²) in [5, 5.41) is 0. The van der Waals surface area contributed by atoms with Gasteiger partial charge in [-0.3, -0.25) is 4.79 Å². The van der Waals surface area contributed by atoms with E-state index in [-0.39, 0.29) is 5.78 Å². The third-order valence-corrected chi connectivity index (χ3v) is 6.69. The number of hydrogen-bond donors (Lipinski definition) is 0. The second-order valence-electron chi connectivity index (χ2n) is 8.74. The van der Waals surface area contributed by atoms with Gasteiger partial charge in [0.2, 0.25) is 0 Å². The molecule has 176 valence electrons. The van der Waals surface area contributed by atoms with Crippen LogP contribution in [0.2, 0.25) is 0 Å². The van der Waals surface area contributed by atoms with Crippen LogP contribution in [0, 0.1) is 0 Å². The molecule has 0 heterocycles. The number of rotatable bonds is 8. The lowest BCUT2D eigenvalue weighted by Crippen LogP contribution is -2.21. The number of carbonyl (C=O) groups excluding carboxylic acids is 1. The molecule has 0 bridgehead atoms. The number of benzene rings is 2. The maximum Gasteiger partial charge on any atom is 0.163 e. The average Bonchev–Trinajstić information content (AvgIpc) is 2.84. The molecule has 0 spiro atoms. The zero-order chi connectivity index (χ0) is 23.6. The lowest BCUT2D eigenvalue weighted by Gasteiger charge is -2.21. The Morgan fingerprint density at radius 3 is 1.58 bits per heavy atom. The van der Waals surface area contributed by atoms with Gasteiger partial charge in [0.05, 0.1) is 0 Å². The molecule has 0 aliphatic heterocycles. The molecule has 2 aromatic rings. The van der Waals surface area contributed by atoms with Gasteiger partial charge in [-0.05, 0) is 94.0 Å². The van der Waals surface area contributed by atoms with Crippen molar-refractivity contribution in [2.45, 2.75) is 59.8 Å². The predicted molar refractivity (Wildman–Crippen MR) is 144 cm³/mol. The quantitative estimate of drug-likeness (QED) is 0.397. The third kappa shape index (κ3) is 6.60. The Morgan fingerprint density at radius 1 is 0.636 bits per heavy atom. The summed E-state index contributed by atoms with van der Waals surface area (Å²) < 4.78 is 0. The van der Waals surface area contributed by atoms with E-state index in [1.165, 1.54) is 16.9 Å². The monoisotopic (exact) mass is 444 g/mol. The van der Waals surface area contributed by atoms with E-state index in [1.807, 2.05) is 0 Å². The first-order valence-corrected chi connectivity index (χ1v) is 12.7. The van der Waals surface area contributed by atoms with Gasteiger partial charge in [0, 0.05) is 49.5 Å². The van der Waals surface area contributed by atoms with Crippen LogP contribution in [0.3, 0.4) is 0 Å². The van der Waals surface area contributed by atoms with Gasteiger partial charge in [-0.1, -0.05) is 36.8 Å². The highest BCUT2D eigenvalue weighted by atomic mass is 16.1. The van der Waals surface area contributed by atoms with Gasteiger partial charge in [-0.2, -0.15) is 0 Å². The van der Waals surface area contributed by atoms with Gasteiger partial charge in [0.1, 0.15) is 0 Å². The van der Waals surface area contributed by atoms with Crippen LogP contribution in [-0.4, -0.2) is 32.0 Å². The summed E-state index contributed by atoms with van der Waals surface area (Å²) in [6, 6.07) is 17.4. The standard InChI is InChI=1S/C30H40N2O/c1-5-31(6-2)27-18-14-24(15-19-27)22-26-12-10-9-11-13-30(33)29(26)23-25-16-20-28(21-17-25)32(7-3)8-4/h14-23H,5-13H2,1-4H3. The summed E-state index contributed by atoms with van der Waals surface area (Å²) in [5.74, 6) is 0.272. The normalized spacial score (nSPS) is 17.2. The lowest BCUT2D eigenvalue weighted by atomic mass is 9.88. The molecule has 3 nitrogen and oxygen atoms in total. The zero-order valence-corrected chi connectivity index (χ0v) is 20.9. The van der Waals surface area contributed by atoms with E-state index in [9.17, 15) is 4.79 Å². The van der Waals surface area contributed by atoms with Crippen molar-refractivity contribution in [1.82, 2.24) is 0 Å². The summed E-state index contributed by atoms with van der Waals surface area (Å²) in [7, 11) is 0. The van der Waals surface area contributed by atoms with Crippen molar-refractivity contribution in [2.24, 2.45) is 0 Å². The van der Waals surface area contributed by atoms with Crippen LogP contribution in [0.5, 0.6) is 0 Å². The summed E-state index contributed by atoms with van der Waals surface area (Å²) >= 11 is 0. The van der Waals surface area contributed by atoms with Crippen molar-refractivity contribution in [1.29, 1.82) is 0 Å².